The van der Waals surface area contributed by atoms with Crippen LogP contribution in [-0.4, -0.2) is 11.1 Å². The highest BCUT2D eigenvalue weighted by molar-refractivity contribution is 9.12. The van der Waals surface area contributed by atoms with Crippen LogP contribution in [0.15, 0.2) is 22.2 Å². The fourth-order valence-electron chi connectivity index (χ4n) is 1.62. The minimum Gasteiger partial charge on any atom is -0.481 e. The predicted molar refractivity (Wildman–Crippen MR) is 64.9 cm³/mol. The van der Waals surface area contributed by atoms with E-state index in [1.54, 1.807) is 6.92 Å². The molecule has 0 aromatic carbocycles. The summed E-state index contributed by atoms with van der Waals surface area (Å²) in [6.07, 6.45) is 7.57. The number of hydrogen-bond acceptors (Lipinski definition) is 1. The van der Waals surface area contributed by atoms with Crippen molar-refractivity contribution in [3.63, 3.8) is 0 Å². The molecule has 0 saturated heterocycles. The lowest BCUT2D eigenvalue weighted by Gasteiger charge is -2.17. The third-order valence-electron chi connectivity index (χ3n) is 2.92. The van der Waals surface area contributed by atoms with Gasteiger partial charge in [0.15, 0.2) is 0 Å². The van der Waals surface area contributed by atoms with E-state index in [0.29, 0.717) is 0 Å². The number of allylic oxidation sites excluding steroid dienone is 4. The molecule has 1 aliphatic rings. The average Bonchev–Trinajstić information content (AvgIpc) is 2.20. The van der Waals surface area contributed by atoms with Crippen LogP contribution in [0.1, 0.15) is 33.1 Å². The Morgan fingerprint density at radius 3 is 2.80 bits per heavy atom. The summed E-state index contributed by atoms with van der Waals surface area (Å²) in [5.74, 6) is -0.966. The van der Waals surface area contributed by atoms with E-state index in [9.17, 15) is 4.79 Å². The van der Waals surface area contributed by atoms with Crippen molar-refractivity contribution >= 4 is 21.9 Å². The summed E-state index contributed by atoms with van der Waals surface area (Å²) in [7, 11) is 0. The molecule has 0 saturated carbocycles. The van der Waals surface area contributed by atoms with Gasteiger partial charge in [-0.3, -0.25) is 4.79 Å². The van der Waals surface area contributed by atoms with Crippen LogP contribution in [0.25, 0.3) is 0 Å². The van der Waals surface area contributed by atoms with Crippen molar-refractivity contribution < 1.29 is 9.90 Å². The molecule has 0 heterocycles. The van der Waals surface area contributed by atoms with Gasteiger partial charge in [-0.25, -0.2) is 0 Å². The average molecular weight is 273 g/mol. The summed E-state index contributed by atoms with van der Waals surface area (Å²) in [6.45, 7) is 3.71. The standard InChI is InChI=1S/C12H17BrO2/c1-8(9(2)12(14)15)7-10-5-3-4-6-11(10)13/h6-9H,3-5H2,1-2H3,(H,14,15)/b10-7-/t8-,9-/m0/s1. The Morgan fingerprint density at radius 1 is 1.60 bits per heavy atom. The van der Waals surface area contributed by atoms with Gasteiger partial charge in [-0.2, -0.15) is 0 Å². The van der Waals surface area contributed by atoms with Crippen molar-refractivity contribution in [2.75, 3.05) is 0 Å². The van der Waals surface area contributed by atoms with Gasteiger partial charge >= 0.3 is 5.97 Å². The highest BCUT2D eigenvalue weighted by Gasteiger charge is 2.18. The first-order chi connectivity index (χ1) is 7.02. The maximum Gasteiger partial charge on any atom is 0.306 e. The Kier molecular flexibility index (Phi) is 4.58. The highest BCUT2D eigenvalue weighted by Crippen LogP contribution is 2.30. The van der Waals surface area contributed by atoms with E-state index in [-0.39, 0.29) is 11.8 Å². The second-order valence-electron chi connectivity index (χ2n) is 4.12. The molecule has 84 valence electrons. The molecule has 0 fully saturated rings. The number of hydrogen-bond donors (Lipinski definition) is 1. The van der Waals surface area contributed by atoms with Crippen molar-refractivity contribution in [3.05, 3.63) is 22.2 Å². The second-order valence-corrected chi connectivity index (χ2v) is 4.98. The summed E-state index contributed by atoms with van der Waals surface area (Å²) < 4.78 is 1.14. The molecule has 0 radical (unpaired) electrons. The lowest BCUT2D eigenvalue weighted by molar-refractivity contribution is -0.142. The smallest absolute Gasteiger partial charge is 0.306 e. The number of halogens is 1. The van der Waals surface area contributed by atoms with Crippen LogP contribution in [0.4, 0.5) is 0 Å². The van der Waals surface area contributed by atoms with E-state index >= 15 is 0 Å². The molecule has 1 N–H and O–H groups in total. The first-order valence-electron chi connectivity index (χ1n) is 5.32. The SMILES string of the molecule is C[C@H](C(=O)O)[C@@H](C)/C=C1/CCCC=C1Br. The molecule has 2 atom stereocenters. The Morgan fingerprint density at radius 2 is 2.27 bits per heavy atom. The monoisotopic (exact) mass is 272 g/mol. The molecule has 0 aliphatic heterocycles. The van der Waals surface area contributed by atoms with Gasteiger partial charge in [0.05, 0.1) is 5.92 Å². The van der Waals surface area contributed by atoms with E-state index in [4.69, 9.17) is 5.11 Å². The van der Waals surface area contributed by atoms with Crippen LogP contribution in [0, 0.1) is 11.8 Å². The molecule has 15 heavy (non-hydrogen) atoms. The van der Waals surface area contributed by atoms with Crippen LogP contribution in [0.5, 0.6) is 0 Å². The fraction of sp³-hybridized carbons (Fsp3) is 0.583. The maximum atomic E-state index is 10.8. The zero-order chi connectivity index (χ0) is 11.4. The van der Waals surface area contributed by atoms with Crippen LogP contribution in [0.2, 0.25) is 0 Å². The Hall–Kier alpha value is -0.570. The van der Waals surface area contributed by atoms with Gasteiger partial charge in [-0.15, -0.1) is 0 Å². The fourth-order valence-corrected chi connectivity index (χ4v) is 2.18. The molecule has 0 spiro atoms. The van der Waals surface area contributed by atoms with E-state index in [1.807, 2.05) is 6.92 Å². The molecular weight excluding hydrogens is 256 g/mol. The third-order valence-corrected chi connectivity index (χ3v) is 3.76. The molecule has 0 aromatic rings. The van der Waals surface area contributed by atoms with Crippen molar-refractivity contribution in [1.29, 1.82) is 0 Å². The molecule has 0 aromatic heterocycles. The first-order valence-corrected chi connectivity index (χ1v) is 6.11. The summed E-state index contributed by atoms with van der Waals surface area (Å²) >= 11 is 3.51. The molecule has 1 rings (SSSR count). The van der Waals surface area contributed by atoms with Gasteiger partial charge in [0.2, 0.25) is 0 Å². The van der Waals surface area contributed by atoms with Crippen LogP contribution < -0.4 is 0 Å². The largest absolute Gasteiger partial charge is 0.481 e. The predicted octanol–water partition coefficient (Wildman–Crippen LogP) is 3.73. The Labute approximate surface area is 99.2 Å². The zero-order valence-corrected chi connectivity index (χ0v) is 10.8. The van der Waals surface area contributed by atoms with E-state index in [2.05, 4.69) is 28.1 Å². The molecule has 3 heteroatoms. The minimum atomic E-state index is -0.727. The van der Waals surface area contributed by atoms with Crippen molar-refractivity contribution in [2.24, 2.45) is 11.8 Å². The Bertz CT molecular complexity index is 305. The van der Waals surface area contributed by atoms with E-state index in [0.717, 1.165) is 23.7 Å². The number of carboxylic acid groups (broad SMARTS) is 1. The molecule has 1 aliphatic carbocycles. The number of aliphatic carboxylic acids is 1. The molecule has 0 amide bonds. The first kappa shape index (κ1) is 12.5. The van der Waals surface area contributed by atoms with Crippen molar-refractivity contribution in [2.45, 2.75) is 33.1 Å². The number of carbonyl (C=O) groups is 1. The molecular formula is C12H17BrO2. The summed E-state index contributed by atoms with van der Waals surface area (Å²) in [6, 6.07) is 0. The quantitative estimate of drug-likeness (QED) is 0.850. The summed E-state index contributed by atoms with van der Waals surface area (Å²) in [5.41, 5.74) is 1.25. The van der Waals surface area contributed by atoms with Crippen LogP contribution in [-0.2, 0) is 4.79 Å². The van der Waals surface area contributed by atoms with E-state index < -0.39 is 5.97 Å². The maximum absolute atomic E-state index is 10.8. The van der Waals surface area contributed by atoms with Gasteiger partial charge in [0, 0.05) is 4.48 Å². The van der Waals surface area contributed by atoms with E-state index in [1.165, 1.54) is 5.57 Å². The highest BCUT2D eigenvalue weighted by atomic mass is 79.9. The van der Waals surface area contributed by atoms with Gasteiger partial charge in [-0.1, -0.05) is 41.9 Å². The topological polar surface area (TPSA) is 37.3 Å². The lowest BCUT2D eigenvalue weighted by atomic mass is 9.91. The van der Waals surface area contributed by atoms with Gasteiger partial charge < -0.3 is 5.11 Å². The lowest BCUT2D eigenvalue weighted by Crippen LogP contribution is -2.17. The number of carboxylic acids is 1. The minimum absolute atomic E-state index is 0.0801. The zero-order valence-electron chi connectivity index (χ0n) is 9.16. The van der Waals surface area contributed by atoms with Crippen molar-refractivity contribution in [1.82, 2.24) is 0 Å². The van der Waals surface area contributed by atoms with Crippen molar-refractivity contribution in [3.8, 4) is 0 Å². The summed E-state index contributed by atoms with van der Waals surface area (Å²) in [4.78, 5) is 10.8. The summed E-state index contributed by atoms with van der Waals surface area (Å²) in [5, 5.41) is 8.89. The Balaban J connectivity index is 2.73. The number of rotatable bonds is 3. The second kappa shape index (κ2) is 5.50. The van der Waals surface area contributed by atoms with Gasteiger partial charge in [0.25, 0.3) is 0 Å². The van der Waals surface area contributed by atoms with Crippen LogP contribution >= 0.6 is 15.9 Å². The normalized spacial score (nSPS) is 23.4. The molecule has 2 nitrogen and oxygen atoms in total. The van der Waals surface area contributed by atoms with Gasteiger partial charge in [-0.05, 0) is 30.8 Å². The molecule has 0 bridgehead atoms. The van der Waals surface area contributed by atoms with Gasteiger partial charge in [0.1, 0.15) is 0 Å². The van der Waals surface area contributed by atoms with Crippen LogP contribution in [0.3, 0.4) is 0 Å². The molecule has 0 unspecified atom stereocenters. The third kappa shape index (κ3) is 3.49.